The van der Waals surface area contributed by atoms with Gasteiger partial charge in [0.25, 0.3) is 0 Å². The summed E-state index contributed by atoms with van der Waals surface area (Å²) in [5, 5.41) is 0. The summed E-state index contributed by atoms with van der Waals surface area (Å²) < 4.78 is 0. The van der Waals surface area contributed by atoms with Gasteiger partial charge in [0.05, 0.1) is 0 Å². The second kappa shape index (κ2) is 10.2. The third kappa shape index (κ3) is 4.69. The maximum absolute atomic E-state index is 4.00. The molecule has 3 rings (SSSR count). The van der Waals surface area contributed by atoms with Crippen molar-refractivity contribution < 1.29 is 32.7 Å². The Labute approximate surface area is 156 Å². The van der Waals surface area contributed by atoms with Crippen molar-refractivity contribution in [3.05, 3.63) is 65.6 Å². The maximum Gasteiger partial charge on any atom is 0 e. The average Bonchev–Trinajstić information content (AvgIpc) is 2.88. The molecule has 0 N–H and O–H groups in total. The van der Waals surface area contributed by atoms with Gasteiger partial charge in [-0.05, 0) is 29.5 Å². The second-order valence-electron chi connectivity index (χ2n) is 4.51. The Morgan fingerprint density at radius 1 is 0.857 bits per heavy atom. The summed E-state index contributed by atoms with van der Waals surface area (Å²) >= 11 is 0. The third-order valence-electron chi connectivity index (χ3n) is 3.42. The van der Waals surface area contributed by atoms with Gasteiger partial charge >= 0.3 is 0 Å². The molecule has 0 amide bonds. The van der Waals surface area contributed by atoms with Crippen LogP contribution in [0.3, 0.4) is 0 Å². The standard InChI is InChI=1S/C16H15.2C2H6.Y/c1-3-12-5-7-15-14(9-12)10-13-6-4-11(2)8-16(13)15;2*1-2;/h4-9H,2-3,10H2,1H3;2*1-2H3;/q-1;;;. The molecule has 0 spiro atoms. The Morgan fingerprint density at radius 2 is 1.52 bits per heavy atom. The largest absolute Gasteiger partial charge is 0.199 e. The summed E-state index contributed by atoms with van der Waals surface area (Å²) in [6.07, 6.45) is 2.20. The molecule has 1 heteroatoms. The summed E-state index contributed by atoms with van der Waals surface area (Å²) in [5.41, 5.74) is 8.23. The van der Waals surface area contributed by atoms with Gasteiger partial charge < -0.3 is 0 Å². The Balaban J connectivity index is 0.000000741. The van der Waals surface area contributed by atoms with Crippen molar-refractivity contribution in [3.63, 3.8) is 0 Å². The quantitative estimate of drug-likeness (QED) is 0.466. The minimum absolute atomic E-state index is 0. The number of hydrogen-bond acceptors (Lipinski definition) is 0. The van der Waals surface area contributed by atoms with Crippen LogP contribution in [0.1, 0.15) is 56.9 Å². The first-order valence-corrected chi connectivity index (χ1v) is 7.85. The molecule has 0 saturated carbocycles. The molecule has 2 aromatic rings. The molecule has 111 valence electrons. The molecule has 0 unspecified atom stereocenters. The van der Waals surface area contributed by atoms with Crippen LogP contribution in [-0.2, 0) is 45.6 Å². The second-order valence-corrected chi connectivity index (χ2v) is 4.51. The number of fused-ring (bicyclic) bond motifs is 3. The number of hydrogen-bond donors (Lipinski definition) is 0. The molecule has 0 heterocycles. The van der Waals surface area contributed by atoms with Crippen LogP contribution in [0, 0.1) is 6.92 Å². The van der Waals surface area contributed by atoms with E-state index in [2.05, 4.69) is 50.2 Å². The Hall–Kier alpha value is -0.586. The van der Waals surface area contributed by atoms with E-state index in [1.807, 2.05) is 27.7 Å². The molecule has 0 bridgehead atoms. The molecule has 0 nitrogen and oxygen atoms in total. The molecular formula is C20H27Y-. The third-order valence-corrected chi connectivity index (χ3v) is 3.42. The van der Waals surface area contributed by atoms with E-state index in [4.69, 9.17) is 0 Å². The van der Waals surface area contributed by atoms with Gasteiger partial charge in [0, 0.05) is 32.7 Å². The first kappa shape index (κ1) is 20.4. The average molecular weight is 356 g/mol. The van der Waals surface area contributed by atoms with Crippen LogP contribution >= 0.6 is 0 Å². The van der Waals surface area contributed by atoms with Gasteiger partial charge in [-0.2, -0.15) is 24.6 Å². The summed E-state index contributed by atoms with van der Waals surface area (Å²) in [5.74, 6) is 0. The van der Waals surface area contributed by atoms with Crippen LogP contribution in [0.5, 0.6) is 0 Å². The molecule has 2 aromatic carbocycles. The molecule has 0 atom stereocenters. The summed E-state index contributed by atoms with van der Waals surface area (Å²) in [6, 6.07) is 13.4. The fourth-order valence-electron chi connectivity index (χ4n) is 2.51. The SMILES string of the molecule is CC.CC.[CH2-]c1ccc2c(c1)-c1ccc(CC)cc1C2.[Y]. The Kier molecular flexibility index (Phi) is 9.91. The van der Waals surface area contributed by atoms with E-state index in [1.54, 1.807) is 0 Å². The van der Waals surface area contributed by atoms with Crippen LogP contribution in [0.25, 0.3) is 11.1 Å². The topological polar surface area (TPSA) is 0 Å². The fraction of sp³-hybridized carbons (Fsp3) is 0.350. The maximum atomic E-state index is 4.00. The van der Waals surface area contributed by atoms with Gasteiger partial charge in [0.1, 0.15) is 0 Å². The van der Waals surface area contributed by atoms with Crippen molar-refractivity contribution in [3.8, 4) is 11.1 Å². The predicted octanol–water partition coefficient (Wildman–Crippen LogP) is 6.05. The summed E-state index contributed by atoms with van der Waals surface area (Å²) in [6.45, 7) is 14.2. The monoisotopic (exact) mass is 356 g/mol. The van der Waals surface area contributed by atoms with E-state index in [1.165, 1.54) is 27.8 Å². The van der Waals surface area contributed by atoms with Crippen LogP contribution < -0.4 is 0 Å². The van der Waals surface area contributed by atoms with Crippen molar-refractivity contribution in [1.82, 2.24) is 0 Å². The van der Waals surface area contributed by atoms with Gasteiger partial charge in [-0.15, -0.1) is 6.07 Å². The summed E-state index contributed by atoms with van der Waals surface area (Å²) in [7, 11) is 0. The van der Waals surface area contributed by atoms with Gasteiger partial charge in [0.2, 0.25) is 0 Å². The first-order valence-electron chi connectivity index (χ1n) is 7.85. The molecule has 0 aromatic heterocycles. The van der Waals surface area contributed by atoms with E-state index >= 15 is 0 Å². The Bertz CT molecular complexity index is 556. The Morgan fingerprint density at radius 3 is 2.14 bits per heavy atom. The van der Waals surface area contributed by atoms with Gasteiger partial charge in [0.15, 0.2) is 0 Å². The van der Waals surface area contributed by atoms with Gasteiger partial charge in [-0.3, -0.25) is 0 Å². The zero-order valence-corrected chi connectivity index (χ0v) is 17.0. The normalized spacial score (nSPS) is 9.95. The fourth-order valence-corrected chi connectivity index (χ4v) is 2.51. The van der Waals surface area contributed by atoms with E-state index in [9.17, 15) is 0 Å². The predicted molar refractivity (Wildman–Crippen MR) is 91.2 cm³/mol. The van der Waals surface area contributed by atoms with Crippen molar-refractivity contribution in [2.75, 3.05) is 0 Å². The molecule has 0 aliphatic heterocycles. The molecule has 1 aliphatic carbocycles. The molecule has 21 heavy (non-hydrogen) atoms. The number of rotatable bonds is 1. The van der Waals surface area contributed by atoms with Crippen molar-refractivity contribution in [2.24, 2.45) is 0 Å². The van der Waals surface area contributed by atoms with E-state index in [-0.39, 0.29) is 32.7 Å². The van der Waals surface area contributed by atoms with Gasteiger partial charge in [-0.1, -0.05) is 63.9 Å². The molecular weight excluding hydrogens is 329 g/mol. The van der Waals surface area contributed by atoms with E-state index in [0.29, 0.717) is 0 Å². The molecule has 0 fully saturated rings. The van der Waals surface area contributed by atoms with Crippen LogP contribution in [0.4, 0.5) is 0 Å². The molecule has 1 radical (unpaired) electrons. The number of aryl methyl sites for hydroxylation is 1. The van der Waals surface area contributed by atoms with Crippen molar-refractivity contribution in [1.29, 1.82) is 0 Å². The minimum Gasteiger partial charge on any atom is -0.199 e. The van der Waals surface area contributed by atoms with E-state index < -0.39 is 0 Å². The minimum atomic E-state index is 0. The first-order chi connectivity index (χ1) is 9.78. The molecule has 1 aliphatic rings. The smallest absolute Gasteiger partial charge is 0 e. The van der Waals surface area contributed by atoms with Crippen molar-refractivity contribution >= 4 is 0 Å². The van der Waals surface area contributed by atoms with Crippen LogP contribution in [0.2, 0.25) is 0 Å². The van der Waals surface area contributed by atoms with Crippen molar-refractivity contribution in [2.45, 2.75) is 47.5 Å². The van der Waals surface area contributed by atoms with Gasteiger partial charge in [-0.25, -0.2) is 0 Å². The zero-order chi connectivity index (χ0) is 15.1. The number of benzene rings is 2. The van der Waals surface area contributed by atoms with Crippen LogP contribution in [0.15, 0.2) is 36.4 Å². The van der Waals surface area contributed by atoms with Crippen LogP contribution in [-0.4, -0.2) is 0 Å². The summed E-state index contributed by atoms with van der Waals surface area (Å²) in [4.78, 5) is 0. The van der Waals surface area contributed by atoms with E-state index in [0.717, 1.165) is 18.4 Å². The molecule has 0 saturated heterocycles. The zero-order valence-electron chi connectivity index (χ0n) is 14.2.